The molecule has 0 atom stereocenters. The van der Waals surface area contributed by atoms with Crippen molar-refractivity contribution in [3.05, 3.63) is 0 Å². The molecule has 2 rings (SSSR count). The van der Waals surface area contributed by atoms with Crippen LogP contribution in [0.1, 0.15) is 38.5 Å². The summed E-state index contributed by atoms with van der Waals surface area (Å²) in [6.45, 7) is 0. The maximum atomic E-state index is 12.6. The first-order valence-corrected chi connectivity index (χ1v) is 4.69. The highest BCUT2D eigenvalue weighted by molar-refractivity contribution is 5.03. The van der Waals surface area contributed by atoms with Crippen LogP contribution in [-0.4, -0.2) is 11.5 Å². The van der Waals surface area contributed by atoms with Crippen LogP contribution in [0.2, 0.25) is 0 Å². The van der Waals surface area contributed by atoms with Crippen LogP contribution in [0.5, 0.6) is 0 Å². The van der Waals surface area contributed by atoms with Crippen LogP contribution < -0.4 is 5.73 Å². The van der Waals surface area contributed by atoms with Gasteiger partial charge in [-0.25, -0.2) is 8.78 Å². The van der Waals surface area contributed by atoms with E-state index in [0.717, 1.165) is 25.7 Å². The van der Waals surface area contributed by atoms with E-state index >= 15 is 0 Å². The van der Waals surface area contributed by atoms with Gasteiger partial charge in [0.2, 0.25) is 5.92 Å². The molecule has 0 bridgehead atoms. The van der Waals surface area contributed by atoms with Gasteiger partial charge in [0.05, 0.1) is 0 Å². The zero-order chi connectivity index (χ0) is 8.82. The first-order chi connectivity index (χ1) is 5.52. The van der Waals surface area contributed by atoms with E-state index < -0.39 is 5.92 Å². The molecule has 2 fully saturated rings. The zero-order valence-electron chi connectivity index (χ0n) is 7.15. The molecule has 2 aliphatic carbocycles. The SMILES string of the molecule is NC1(C2CC(F)(F)C2)CCCC1. The molecule has 0 saturated heterocycles. The fourth-order valence-corrected chi connectivity index (χ4v) is 2.51. The summed E-state index contributed by atoms with van der Waals surface area (Å²) in [4.78, 5) is 0. The molecule has 0 aliphatic heterocycles. The predicted octanol–water partition coefficient (Wildman–Crippen LogP) is 2.30. The molecular weight excluding hydrogens is 160 g/mol. The third kappa shape index (κ3) is 1.24. The molecule has 0 unspecified atom stereocenters. The van der Waals surface area contributed by atoms with Crippen LogP contribution in [-0.2, 0) is 0 Å². The van der Waals surface area contributed by atoms with Gasteiger partial charge in [-0.05, 0) is 18.8 Å². The zero-order valence-corrected chi connectivity index (χ0v) is 7.15. The molecule has 0 amide bonds. The minimum atomic E-state index is -2.40. The van der Waals surface area contributed by atoms with Gasteiger partial charge in [-0.15, -0.1) is 0 Å². The lowest BCUT2D eigenvalue weighted by Gasteiger charge is -2.44. The van der Waals surface area contributed by atoms with E-state index in [2.05, 4.69) is 0 Å². The number of rotatable bonds is 1. The molecule has 2 saturated carbocycles. The van der Waals surface area contributed by atoms with Gasteiger partial charge < -0.3 is 5.73 Å². The summed E-state index contributed by atoms with van der Waals surface area (Å²) in [5.41, 5.74) is 5.82. The molecule has 70 valence electrons. The Balaban J connectivity index is 1.94. The molecule has 12 heavy (non-hydrogen) atoms. The molecular formula is C9H15F2N. The first kappa shape index (κ1) is 8.42. The van der Waals surface area contributed by atoms with Crippen molar-refractivity contribution in [2.24, 2.45) is 11.7 Å². The molecule has 0 aromatic carbocycles. The standard InChI is InChI=1S/C9H15F2N/c10-9(11)5-7(6-9)8(12)3-1-2-4-8/h7H,1-6,12H2. The second kappa shape index (κ2) is 2.41. The quantitative estimate of drug-likeness (QED) is 0.650. The topological polar surface area (TPSA) is 26.0 Å². The average Bonchev–Trinajstić information content (AvgIpc) is 2.32. The first-order valence-electron chi connectivity index (χ1n) is 4.69. The molecule has 0 aromatic rings. The fourth-order valence-electron chi connectivity index (χ4n) is 2.51. The second-order valence-electron chi connectivity index (χ2n) is 4.40. The lowest BCUT2D eigenvalue weighted by Crippen LogP contribution is -2.54. The number of hydrogen-bond donors (Lipinski definition) is 1. The van der Waals surface area contributed by atoms with E-state index in [-0.39, 0.29) is 24.3 Å². The van der Waals surface area contributed by atoms with Crippen molar-refractivity contribution in [1.82, 2.24) is 0 Å². The van der Waals surface area contributed by atoms with Crippen molar-refractivity contribution < 1.29 is 8.78 Å². The molecule has 0 heterocycles. The van der Waals surface area contributed by atoms with Gasteiger partial charge in [-0.2, -0.15) is 0 Å². The van der Waals surface area contributed by atoms with Crippen molar-refractivity contribution in [3.8, 4) is 0 Å². The third-order valence-corrected chi connectivity index (χ3v) is 3.44. The van der Waals surface area contributed by atoms with Gasteiger partial charge in [0.1, 0.15) is 0 Å². The van der Waals surface area contributed by atoms with Crippen LogP contribution in [0.15, 0.2) is 0 Å². The smallest absolute Gasteiger partial charge is 0.248 e. The summed E-state index contributed by atoms with van der Waals surface area (Å²) < 4.78 is 25.1. The summed E-state index contributed by atoms with van der Waals surface area (Å²) in [6.07, 6.45) is 4.21. The highest BCUT2D eigenvalue weighted by Crippen LogP contribution is 2.51. The second-order valence-corrected chi connectivity index (χ2v) is 4.40. The molecule has 0 aromatic heterocycles. The van der Waals surface area contributed by atoms with Crippen molar-refractivity contribution in [2.45, 2.75) is 50.0 Å². The Morgan fingerprint density at radius 1 is 1.08 bits per heavy atom. The van der Waals surface area contributed by atoms with Crippen molar-refractivity contribution in [2.75, 3.05) is 0 Å². The monoisotopic (exact) mass is 175 g/mol. The average molecular weight is 175 g/mol. The van der Waals surface area contributed by atoms with Gasteiger partial charge >= 0.3 is 0 Å². The van der Waals surface area contributed by atoms with Crippen LogP contribution in [0, 0.1) is 5.92 Å². The van der Waals surface area contributed by atoms with Crippen molar-refractivity contribution in [3.63, 3.8) is 0 Å². The lowest BCUT2D eigenvalue weighted by atomic mass is 9.68. The van der Waals surface area contributed by atoms with Crippen LogP contribution in [0.4, 0.5) is 8.78 Å². The van der Waals surface area contributed by atoms with E-state index in [1.165, 1.54) is 0 Å². The predicted molar refractivity (Wildman–Crippen MR) is 43.1 cm³/mol. The minimum Gasteiger partial charge on any atom is -0.325 e. The summed E-state index contributed by atoms with van der Waals surface area (Å²) >= 11 is 0. The van der Waals surface area contributed by atoms with E-state index in [1.807, 2.05) is 0 Å². The molecule has 2 N–H and O–H groups in total. The lowest BCUT2D eigenvalue weighted by molar-refractivity contribution is -0.130. The fraction of sp³-hybridized carbons (Fsp3) is 1.00. The molecule has 0 radical (unpaired) electrons. The molecule has 2 aliphatic rings. The van der Waals surface area contributed by atoms with Crippen LogP contribution in [0.25, 0.3) is 0 Å². The Morgan fingerprint density at radius 3 is 2.00 bits per heavy atom. The molecule has 3 heteroatoms. The Bertz CT molecular complexity index is 177. The summed E-state index contributed by atoms with van der Waals surface area (Å²) in [6, 6.07) is 0. The third-order valence-electron chi connectivity index (χ3n) is 3.44. The van der Waals surface area contributed by atoms with Gasteiger partial charge in [0, 0.05) is 18.4 Å². The maximum Gasteiger partial charge on any atom is 0.248 e. The number of hydrogen-bond acceptors (Lipinski definition) is 1. The number of alkyl halides is 2. The normalized spacial score (nSPS) is 33.2. The maximum absolute atomic E-state index is 12.6. The Labute approximate surface area is 71.3 Å². The summed E-state index contributed by atoms with van der Waals surface area (Å²) in [7, 11) is 0. The van der Waals surface area contributed by atoms with E-state index in [1.54, 1.807) is 0 Å². The van der Waals surface area contributed by atoms with Gasteiger partial charge in [0.15, 0.2) is 0 Å². The number of halogens is 2. The number of nitrogens with two attached hydrogens (primary N) is 1. The largest absolute Gasteiger partial charge is 0.325 e. The minimum absolute atomic E-state index is 0.0312. The van der Waals surface area contributed by atoms with E-state index in [0.29, 0.717) is 0 Å². The van der Waals surface area contributed by atoms with E-state index in [4.69, 9.17) is 5.73 Å². The van der Waals surface area contributed by atoms with Crippen molar-refractivity contribution in [1.29, 1.82) is 0 Å². The Kier molecular flexibility index (Phi) is 1.69. The van der Waals surface area contributed by atoms with Gasteiger partial charge in [0.25, 0.3) is 0 Å². The van der Waals surface area contributed by atoms with Gasteiger partial charge in [-0.1, -0.05) is 12.8 Å². The van der Waals surface area contributed by atoms with Crippen LogP contribution >= 0.6 is 0 Å². The van der Waals surface area contributed by atoms with E-state index in [9.17, 15) is 8.78 Å². The van der Waals surface area contributed by atoms with Crippen LogP contribution in [0.3, 0.4) is 0 Å². The highest BCUT2D eigenvalue weighted by Gasteiger charge is 2.53. The Hall–Kier alpha value is -0.180. The molecule has 0 spiro atoms. The summed E-state index contributed by atoms with van der Waals surface area (Å²) in [5, 5.41) is 0. The summed E-state index contributed by atoms with van der Waals surface area (Å²) in [5.74, 6) is -2.31. The highest BCUT2D eigenvalue weighted by atomic mass is 19.3. The van der Waals surface area contributed by atoms with Gasteiger partial charge in [-0.3, -0.25) is 0 Å². The van der Waals surface area contributed by atoms with Crippen molar-refractivity contribution >= 4 is 0 Å². The molecule has 1 nitrogen and oxygen atoms in total. The Morgan fingerprint density at radius 2 is 1.58 bits per heavy atom.